The van der Waals surface area contributed by atoms with Crippen LogP contribution < -0.4 is 19.7 Å². The van der Waals surface area contributed by atoms with Gasteiger partial charge < -0.3 is 9.47 Å². The van der Waals surface area contributed by atoms with Gasteiger partial charge in [-0.2, -0.15) is 0 Å². The number of halogens is 2. The number of hydrogen-bond acceptors (Lipinski definition) is 5. The SMILES string of the molecule is CCOc1cc(/C=C2\C(=O)NC(=O)N(c3cccc(F)c3)C2=O)cc(Br)c1OC. The van der Waals surface area contributed by atoms with Gasteiger partial charge in [0.25, 0.3) is 11.8 Å². The maximum Gasteiger partial charge on any atom is 0.335 e. The zero-order valence-electron chi connectivity index (χ0n) is 15.5. The van der Waals surface area contributed by atoms with E-state index in [9.17, 15) is 18.8 Å². The molecule has 150 valence electrons. The fourth-order valence-corrected chi connectivity index (χ4v) is 3.43. The largest absolute Gasteiger partial charge is 0.492 e. The Morgan fingerprint density at radius 1 is 1.21 bits per heavy atom. The molecule has 4 amide bonds. The monoisotopic (exact) mass is 462 g/mol. The molecule has 0 aromatic heterocycles. The fraction of sp³-hybridized carbons (Fsp3) is 0.150. The summed E-state index contributed by atoms with van der Waals surface area (Å²) in [5.74, 6) is -1.46. The first-order valence-electron chi connectivity index (χ1n) is 8.53. The first kappa shape index (κ1) is 20.5. The number of rotatable bonds is 5. The van der Waals surface area contributed by atoms with E-state index >= 15 is 0 Å². The minimum Gasteiger partial charge on any atom is -0.492 e. The van der Waals surface area contributed by atoms with Crippen molar-refractivity contribution in [3.8, 4) is 11.5 Å². The van der Waals surface area contributed by atoms with Crippen molar-refractivity contribution in [3.63, 3.8) is 0 Å². The van der Waals surface area contributed by atoms with Crippen molar-refractivity contribution < 1.29 is 28.2 Å². The second-order valence-corrected chi connectivity index (χ2v) is 6.76. The molecule has 1 N–H and O–H groups in total. The smallest absolute Gasteiger partial charge is 0.335 e. The molecule has 3 rings (SSSR count). The van der Waals surface area contributed by atoms with E-state index < -0.39 is 23.7 Å². The van der Waals surface area contributed by atoms with Crippen LogP contribution in [0, 0.1) is 5.82 Å². The molecule has 9 heteroatoms. The summed E-state index contributed by atoms with van der Waals surface area (Å²) in [4.78, 5) is 38.0. The van der Waals surface area contributed by atoms with Crippen LogP contribution in [0.15, 0.2) is 46.4 Å². The average molecular weight is 463 g/mol. The zero-order chi connectivity index (χ0) is 21.1. The normalized spacial score (nSPS) is 15.5. The molecule has 1 saturated heterocycles. The molecule has 0 radical (unpaired) electrons. The number of anilines is 1. The number of ether oxygens (including phenoxy) is 2. The number of nitrogens with zero attached hydrogens (tertiary/aromatic N) is 1. The van der Waals surface area contributed by atoms with Crippen LogP contribution >= 0.6 is 15.9 Å². The Balaban J connectivity index is 2.05. The number of imide groups is 2. The predicted octanol–water partition coefficient (Wildman–Crippen LogP) is 3.66. The number of carbonyl (C=O) groups is 3. The summed E-state index contributed by atoms with van der Waals surface area (Å²) in [6.07, 6.45) is 1.32. The summed E-state index contributed by atoms with van der Waals surface area (Å²) in [5.41, 5.74) is 0.193. The van der Waals surface area contributed by atoms with E-state index in [2.05, 4.69) is 21.2 Å². The molecule has 29 heavy (non-hydrogen) atoms. The van der Waals surface area contributed by atoms with Crippen LogP contribution in [-0.4, -0.2) is 31.6 Å². The molecular formula is C20H16BrFN2O5. The summed E-state index contributed by atoms with van der Waals surface area (Å²) in [6, 6.07) is 7.25. The third-order valence-electron chi connectivity index (χ3n) is 4.01. The molecule has 1 fully saturated rings. The minimum atomic E-state index is -0.950. The highest BCUT2D eigenvalue weighted by Gasteiger charge is 2.37. The van der Waals surface area contributed by atoms with Crippen LogP contribution in [0.4, 0.5) is 14.9 Å². The Morgan fingerprint density at radius 3 is 2.62 bits per heavy atom. The Kier molecular flexibility index (Phi) is 5.97. The highest BCUT2D eigenvalue weighted by Crippen LogP contribution is 2.37. The van der Waals surface area contributed by atoms with Gasteiger partial charge in [-0.3, -0.25) is 14.9 Å². The average Bonchev–Trinajstić information content (AvgIpc) is 2.65. The number of benzene rings is 2. The molecule has 0 saturated carbocycles. The summed E-state index contributed by atoms with van der Waals surface area (Å²) in [7, 11) is 1.49. The summed E-state index contributed by atoms with van der Waals surface area (Å²) < 4.78 is 24.9. The number of hydrogen-bond donors (Lipinski definition) is 1. The number of barbiturate groups is 1. The van der Waals surface area contributed by atoms with Gasteiger partial charge in [0, 0.05) is 0 Å². The lowest BCUT2D eigenvalue weighted by Crippen LogP contribution is -2.54. The molecule has 0 spiro atoms. The molecule has 1 aliphatic heterocycles. The predicted molar refractivity (Wildman–Crippen MR) is 107 cm³/mol. The second-order valence-electron chi connectivity index (χ2n) is 5.90. The molecule has 2 aromatic carbocycles. The molecule has 1 aliphatic rings. The number of nitrogens with one attached hydrogen (secondary N) is 1. The molecule has 7 nitrogen and oxygen atoms in total. The van der Waals surface area contributed by atoms with Crippen molar-refractivity contribution in [2.24, 2.45) is 0 Å². The van der Waals surface area contributed by atoms with E-state index in [-0.39, 0.29) is 11.3 Å². The van der Waals surface area contributed by atoms with Gasteiger partial charge in [-0.1, -0.05) is 6.07 Å². The van der Waals surface area contributed by atoms with Crippen LogP contribution in [0.2, 0.25) is 0 Å². The highest BCUT2D eigenvalue weighted by molar-refractivity contribution is 9.10. The molecule has 0 bridgehead atoms. The number of amides is 4. The van der Waals surface area contributed by atoms with Crippen LogP contribution in [0.1, 0.15) is 12.5 Å². The van der Waals surface area contributed by atoms with Crippen molar-refractivity contribution in [1.82, 2.24) is 5.32 Å². The van der Waals surface area contributed by atoms with Gasteiger partial charge in [-0.15, -0.1) is 0 Å². The lowest BCUT2D eigenvalue weighted by molar-refractivity contribution is -0.122. The molecule has 2 aromatic rings. The van der Waals surface area contributed by atoms with Crippen LogP contribution in [0.5, 0.6) is 11.5 Å². The topological polar surface area (TPSA) is 84.9 Å². The lowest BCUT2D eigenvalue weighted by Gasteiger charge is -2.26. The number of carbonyl (C=O) groups excluding carboxylic acids is 3. The Labute approximate surface area is 174 Å². The minimum absolute atomic E-state index is 0.0109. The van der Waals surface area contributed by atoms with Crippen LogP contribution in [0.3, 0.4) is 0 Å². The van der Waals surface area contributed by atoms with E-state index in [1.54, 1.807) is 19.1 Å². The van der Waals surface area contributed by atoms with Crippen molar-refractivity contribution in [3.05, 3.63) is 57.8 Å². The quantitative estimate of drug-likeness (QED) is 0.541. The fourth-order valence-electron chi connectivity index (χ4n) is 2.81. The van der Waals surface area contributed by atoms with E-state index in [0.29, 0.717) is 33.0 Å². The highest BCUT2D eigenvalue weighted by atomic mass is 79.9. The molecule has 1 heterocycles. The summed E-state index contributed by atoms with van der Waals surface area (Å²) in [6.45, 7) is 2.18. The molecule has 0 aliphatic carbocycles. The van der Waals surface area contributed by atoms with Gasteiger partial charge in [-0.25, -0.2) is 14.1 Å². The first-order valence-corrected chi connectivity index (χ1v) is 9.32. The van der Waals surface area contributed by atoms with E-state index in [1.807, 2.05) is 0 Å². The molecule has 0 atom stereocenters. The first-order chi connectivity index (χ1) is 13.8. The van der Waals surface area contributed by atoms with Crippen LogP contribution in [-0.2, 0) is 9.59 Å². The maximum absolute atomic E-state index is 13.5. The third-order valence-corrected chi connectivity index (χ3v) is 4.60. The Bertz CT molecular complexity index is 1040. The Hall–Kier alpha value is -3.20. The lowest BCUT2D eigenvalue weighted by atomic mass is 10.1. The van der Waals surface area contributed by atoms with Crippen molar-refractivity contribution >= 4 is 45.5 Å². The summed E-state index contributed by atoms with van der Waals surface area (Å²) in [5, 5.41) is 2.09. The third kappa shape index (κ3) is 4.14. The van der Waals surface area contributed by atoms with E-state index in [4.69, 9.17) is 9.47 Å². The van der Waals surface area contributed by atoms with Gasteiger partial charge in [0.2, 0.25) is 0 Å². The second kappa shape index (κ2) is 8.44. The van der Waals surface area contributed by atoms with Gasteiger partial charge in [0.1, 0.15) is 11.4 Å². The van der Waals surface area contributed by atoms with Gasteiger partial charge in [0.05, 0.1) is 23.9 Å². The van der Waals surface area contributed by atoms with E-state index in [1.165, 1.54) is 31.4 Å². The van der Waals surface area contributed by atoms with Crippen LogP contribution in [0.25, 0.3) is 6.08 Å². The molecule has 0 unspecified atom stereocenters. The molecular weight excluding hydrogens is 447 g/mol. The van der Waals surface area contributed by atoms with Crippen molar-refractivity contribution in [1.29, 1.82) is 0 Å². The van der Waals surface area contributed by atoms with Crippen molar-refractivity contribution in [2.45, 2.75) is 6.92 Å². The van der Waals surface area contributed by atoms with Crippen molar-refractivity contribution in [2.75, 3.05) is 18.6 Å². The zero-order valence-corrected chi connectivity index (χ0v) is 17.1. The Morgan fingerprint density at radius 2 is 1.97 bits per heavy atom. The number of urea groups is 1. The van der Waals surface area contributed by atoms with Gasteiger partial charge in [-0.05, 0) is 64.8 Å². The maximum atomic E-state index is 13.5. The van der Waals surface area contributed by atoms with Gasteiger partial charge in [0.15, 0.2) is 11.5 Å². The number of methoxy groups -OCH3 is 1. The van der Waals surface area contributed by atoms with E-state index in [0.717, 1.165) is 6.07 Å². The summed E-state index contributed by atoms with van der Waals surface area (Å²) >= 11 is 3.36. The van der Waals surface area contributed by atoms with Gasteiger partial charge >= 0.3 is 6.03 Å². The standard InChI is InChI=1S/C20H16BrFN2O5/c1-3-29-16-9-11(8-15(21)17(16)28-2)7-14-18(25)23-20(27)24(19(14)26)13-6-4-5-12(22)10-13/h4-10H,3H2,1-2H3,(H,23,25,27)/b14-7+.